The third kappa shape index (κ3) is 5.90. The average Bonchev–Trinajstić information content (AvgIpc) is 2.86. The molecule has 2 aromatic carbocycles. The Labute approximate surface area is 211 Å². The van der Waals surface area contributed by atoms with Crippen LogP contribution in [0.2, 0.25) is 0 Å². The first kappa shape index (κ1) is 25.8. The van der Waals surface area contributed by atoms with Crippen LogP contribution >= 0.6 is 0 Å². The number of aromatic nitrogens is 2. The van der Waals surface area contributed by atoms with Crippen LogP contribution in [0.1, 0.15) is 31.2 Å². The predicted molar refractivity (Wildman–Crippen MR) is 141 cm³/mol. The monoisotopic (exact) mass is 512 g/mol. The van der Waals surface area contributed by atoms with Crippen molar-refractivity contribution in [3.8, 4) is 0 Å². The van der Waals surface area contributed by atoms with E-state index < -0.39 is 14.9 Å². The number of nitrogens with zero attached hydrogens (tertiary/aromatic N) is 4. The number of fused-ring (bicyclic) bond motifs is 1. The van der Waals surface area contributed by atoms with E-state index in [2.05, 4.69) is 15.0 Å². The van der Waals surface area contributed by atoms with Gasteiger partial charge >= 0.3 is 0 Å². The molecular formula is C25H32N6O4S. The minimum Gasteiger partial charge on any atom is -0.362 e. The molecule has 0 aliphatic heterocycles. The Bertz CT molecular complexity index is 1350. The number of aryl methyl sites for hydroxylation is 1. The van der Waals surface area contributed by atoms with Crippen LogP contribution in [0, 0.1) is 28.9 Å². The molecule has 0 radical (unpaired) electrons. The second kappa shape index (κ2) is 10.8. The molecule has 192 valence electrons. The number of sulfonamides is 1. The number of hydrogen-bond acceptors (Lipinski definition) is 8. The zero-order valence-electron chi connectivity index (χ0n) is 20.8. The molecule has 11 heteroatoms. The van der Waals surface area contributed by atoms with Crippen LogP contribution in [-0.2, 0) is 10.0 Å². The molecule has 0 spiro atoms. The van der Waals surface area contributed by atoms with Crippen molar-refractivity contribution in [2.24, 2.45) is 11.8 Å². The summed E-state index contributed by atoms with van der Waals surface area (Å²) in [6, 6.07) is 11.8. The van der Waals surface area contributed by atoms with Crippen LogP contribution in [0.5, 0.6) is 0 Å². The molecule has 0 bridgehead atoms. The summed E-state index contributed by atoms with van der Waals surface area (Å²) in [7, 11) is 0.111. The molecule has 4 rings (SSSR count). The van der Waals surface area contributed by atoms with E-state index in [-0.39, 0.29) is 16.5 Å². The van der Waals surface area contributed by atoms with E-state index in [1.165, 1.54) is 12.1 Å². The van der Waals surface area contributed by atoms with Crippen LogP contribution in [0.4, 0.5) is 17.5 Å². The lowest BCUT2D eigenvalue weighted by Gasteiger charge is -2.29. The number of hydrogen-bond donors (Lipinski definition) is 2. The first-order chi connectivity index (χ1) is 17.1. The molecular weight excluding hydrogens is 480 g/mol. The Morgan fingerprint density at radius 2 is 1.69 bits per heavy atom. The third-order valence-electron chi connectivity index (χ3n) is 6.76. The van der Waals surface area contributed by atoms with Gasteiger partial charge in [0.1, 0.15) is 5.82 Å². The van der Waals surface area contributed by atoms with Crippen LogP contribution < -0.4 is 14.9 Å². The number of anilines is 2. The topological polar surface area (TPSA) is 130 Å². The van der Waals surface area contributed by atoms with Crippen molar-refractivity contribution < 1.29 is 13.3 Å². The van der Waals surface area contributed by atoms with Gasteiger partial charge in [-0.2, -0.15) is 4.98 Å². The molecule has 1 aliphatic carbocycles. The zero-order chi connectivity index (χ0) is 25.9. The molecule has 3 aromatic rings. The molecule has 0 amide bonds. The van der Waals surface area contributed by atoms with E-state index in [1.807, 2.05) is 43.3 Å². The fourth-order valence-corrected chi connectivity index (χ4v) is 6.03. The maximum atomic E-state index is 12.8. The maximum Gasteiger partial charge on any atom is 0.270 e. The number of nitro benzene ring substituents is 1. The van der Waals surface area contributed by atoms with Gasteiger partial charge in [0.25, 0.3) is 5.69 Å². The van der Waals surface area contributed by atoms with Crippen molar-refractivity contribution >= 4 is 38.4 Å². The fraction of sp³-hybridized carbons (Fsp3) is 0.440. The average molecular weight is 513 g/mol. The van der Waals surface area contributed by atoms with Crippen molar-refractivity contribution in [2.45, 2.75) is 37.5 Å². The summed E-state index contributed by atoms with van der Waals surface area (Å²) < 4.78 is 28.3. The highest BCUT2D eigenvalue weighted by Crippen LogP contribution is 2.30. The Hall–Kier alpha value is -3.31. The molecule has 36 heavy (non-hydrogen) atoms. The summed E-state index contributed by atoms with van der Waals surface area (Å²) in [6.07, 6.45) is 3.77. The first-order valence-electron chi connectivity index (χ1n) is 12.1. The molecule has 2 N–H and O–H groups in total. The van der Waals surface area contributed by atoms with E-state index in [9.17, 15) is 18.5 Å². The zero-order valence-corrected chi connectivity index (χ0v) is 21.6. The van der Waals surface area contributed by atoms with Gasteiger partial charge < -0.3 is 10.2 Å². The predicted octanol–water partition coefficient (Wildman–Crippen LogP) is 4.11. The Morgan fingerprint density at radius 1 is 1.03 bits per heavy atom. The van der Waals surface area contributed by atoms with Gasteiger partial charge in [-0.25, -0.2) is 18.1 Å². The van der Waals surface area contributed by atoms with Crippen molar-refractivity contribution in [3.63, 3.8) is 0 Å². The Balaban J connectivity index is 1.30. The molecule has 1 aliphatic rings. The molecule has 0 atom stereocenters. The van der Waals surface area contributed by atoms with Crippen LogP contribution in [0.3, 0.4) is 0 Å². The van der Waals surface area contributed by atoms with Crippen LogP contribution in [0.25, 0.3) is 10.9 Å². The summed E-state index contributed by atoms with van der Waals surface area (Å²) in [5, 5.41) is 15.5. The van der Waals surface area contributed by atoms with Crippen LogP contribution in [-0.4, -0.2) is 50.5 Å². The molecule has 1 fully saturated rings. The molecule has 1 aromatic heterocycles. The molecule has 0 saturated heterocycles. The maximum absolute atomic E-state index is 12.8. The number of nitro groups is 1. The quantitative estimate of drug-likeness (QED) is 0.324. The number of nitrogens with one attached hydrogen (secondary N) is 2. The van der Waals surface area contributed by atoms with Gasteiger partial charge in [-0.15, -0.1) is 0 Å². The van der Waals surface area contributed by atoms with E-state index in [0.717, 1.165) is 55.0 Å². The van der Waals surface area contributed by atoms with Crippen molar-refractivity contribution in [2.75, 3.05) is 37.4 Å². The van der Waals surface area contributed by atoms with Crippen molar-refractivity contribution in [1.29, 1.82) is 0 Å². The van der Waals surface area contributed by atoms with Gasteiger partial charge in [0, 0.05) is 44.7 Å². The number of rotatable bonds is 9. The van der Waals surface area contributed by atoms with E-state index in [1.54, 1.807) is 6.92 Å². The molecule has 0 unspecified atom stereocenters. The standard InChI is InChI=1S/C25H32N6O4S/c1-17-8-13-20(31(32)33)14-23(17)36(34,35)27-16-19-11-9-18(10-12-19)15-26-25-28-22-7-5-4-6-21(22)24(29-25)30(2)3/h4-8,13-14,18-19,27H,9-12,15-16H2,1-3H3,(H,26,28,29). The molecule has 1 heterocycles. The SMILES string of the molecule is Cc1ccc([N+](=O)[O-])cc1S(=O)(=O)NCC1CCC(CNc2nc(N(C)C)c3ccccc3n2)CC1. The third-order valence-corrected chi connectivity index (χ3v) is 8.32. The van der Waals surface area contributed by atoms with Crippen molar-refractivity contribution in [3.05, 3.63) is 58.1 Å². The summed E-state index contributed by atoms with van der Waals surface area (Å²) >= 11 is 0. The molecule has 1 saturated carbocycles. The van der Waals surface area contributed by atoms with Gasteiger partial charge in [-0.3, -0.25) is 10.1 Å². The van der Waals surface area contributed by atoms with Crippen molar-refractivity contribution in [1.82, 2.24) is 14.7 Å². The van der Waals surface area contributed by atoms with Gasteiger partial charge in [0.2, 0.25) is 16.0 Å². The van der Waals surface area contributed by atoms with Gasteiger partial charge in [-0.1, -0.05) is 18.2 Å². The Kier molecular flexibility index (Phi) is 7.70. The smallest absolute Gasteiger partial charge is 0.270 e. The second-order valence-electron chi connectivity index (χ2n) is 9.61. The summed E-state index contributed by atoms with van der Waals surface area (Å²) in [5.41, 5.74) is 1.15. The van der Waals surface area contributed by atoms with E-state index in [4.69, 9.17) is 4.98 Å². The minimum absolute atomic E-state index is 0.0398. The largest absolute Gasteiger partial charge is 0.362 e. The molecule has 10 nitrogen and oxygen atoms in total. The lowest BCUT2D eigenvalue weighted by Crippen LogP contribution is -2.32. The van der Waals surface area contributed by atoms with E-state index >= 15 is 0 Å². The normalized spacial score (nSPS) is 18.2. The Morgan fingerprint density at radius 3 is 2.36 bits per heavy atom. The summed E-state index contributed by atoms with van der Waals surface area (Å²) in [5.74, 6) is 2.17. The number of para-hydroxylation sites is 1. The first-order valence-corrected chi connectivity index (χ1v) is 13.5. The highest BCUT2D eigenvalue weighted by molar-refractivity contribution is 7.89. The number of benzene rings is 2. The minimum atomic E-state index is -3.82. The van der Waals surface area contributed by atoms with Gasteiger partial charge in [0.05, 0.1) is 15.3 Å². The fourth-order valence-electron chi connectivity index (χ4n) is 4.65. The summed E-state index contributed by atoms with van der Waals surface area (Å²) in [4.78, 5) is 21.8. The van der Waals surface area contributed by atoms with Gasteiger partial charge in [0.15, 0.2) is 0 Å². The highest BCUT2D eigenvalue weighted by atomic mass is 32.2. The van der Waals surface area contributed by atoms with E-state index in [0.29, 0.717) is 24.0 Å². The lowest BCUT2D eigenvalue weighted by atomic mass is 9.82. The van der Waals surface area contributed by atoms with Crippen LogP contribution in [0.15, 0.2) is 47.4 Å². The summed E-state index contributed by atoms with van der Waals surface area (Å²) in [6.45, 7) is 2.72. The second-order valence-corrected chi connectivity index (χ2v) is 11.3. The number of non-ortho nitro benzene ring substituents is 1. The lowest BCUT2D eigenvalue weighted by molar-refractivity contribution is -0.385. The highest BCUT2D eigenvalue weighted by Gasteiger charge is 2.25. The van der Waals surface area contributed by atoms with Gasteiger partial charge in [-0.05, 0) is 62.1 Å².